The van der Waals surface area contributed by atoms with Gasteiger partial charge < -0.3 is 19.7 Å². The fraction of sp³-hybridized carbons (Fsp3) is 0.550. The summed E-state index contributed by atoms with van der Waals surface area (Å²) in [5.41, 5.74) is 0.914. The van der Waals surface area contributed by atoms with E-state index < -0.39 is 0 Å². The zero-order chi connectivity index (χ0) is 18.1. The van der Waals surface area contributed by atoms with Crippen molar-refractivity contribution < 1.29 is 14.3 Å². The molecule has 0 aromatic heterocycles. The molecule has 0 spiro atoms. The molecule has 0 aliphatic carbocycles. The van der Waals surface area contributed by atoms with Crippen molar-refractivity contribution in [2.75, 3.05) is 33.4 Å². The standard InChI is InChI=1S/C20H30N2O3/c1-4-12-22-13-10-17(11-14-22)21-20(23)9-7-16-6-8-18(24-3)19(15-16)25-5-2/h6-9,15,17H,4-5,10-14H2,1-3H3,(H,21,23)/b9-7+. The number of piperidine rings is 1. The van der Waals surface area contributed by atoms with Gasteiger partial charge >= 0.3 is 0 Å². The molecule has 1 aromatic carbocycles. The molecule has 2 rings (SSSR count). The highest BCUT2D eigenvalue weighted by molar-refractivity contribution is 5.92. The van der Waals surface area contributed by atoms with E-state index in [4.69, 9.17) is 9.47 Å². The largest absolute Gasteiger partial charge is 0.493 e. The van der Waals surface area contributed by atoms with Crippen LogP contribution in [0.15, 0.2) is 24.3 Å². The summed E-state index contributed by atoms with van der Waals surface area (Å²) >= 11 is 0. The van der Waals surface area contributed by atoms with Crippen LogP contribution in [0.1, 0.15) is 38.7 Å². The van der Waals surface area contributed by atoms with Crippen LogP contribution in [0.5, 0.6) is 11.5 Å². The van der Waals surface area contributed by atoms with Gasteiger partial charge in [-0.15, -0.1) is 0 Å². The van der Waals surface area contributed by atoms with E-state index in [-0.39, 0.29) is 11.9 Å². The van der Waals surface area contributed by atoms with Gasteiger partial charge in [-0.3, -0.25) is 4.79 Å². The van der Waals surface area contributed by atoms with Crippen molar-refractivity contribution in [1.29, 1.82) is 0 Å². The molecule has 138 valence electrons. The third kappa shape index (κ3) is 6.09. The second-order valence-electron chi connectivity index (χ2n) is 6.30. The molecule has 0 unspecified atom stereocenters. The molecule has 1 aliphatic heterocycles. The molecule has 5 nitrogen and oxygen atoms in total. The second kappa shape index (κ2) is 10.1. The molecule has 1 aliphatic rings. The number of benzene rings is 1. The van der Waals surface area contributed by atoms with E-state index in [1.165, 1.54) is 6.42 Å². The van der Waals surface area contributed by atoms with Gasteiger partial charge in [-0.25, -0.2) is 0 Å². The number of rotatable bonds is 8. The molecule has 5 heteroatoms. The minimum Gasteiger partial charge on any atom is -0.493 e. The molecule has 1 N–H and O–H groups in total. The van der Waals surface area contributed by atoms with Crippen molar-refractivity contribution in [3.63, 3.8) is 0 Å². The average Bonchev–Trinajstić information content (AvgIpc) is 2.62. The lowest BCUT2D eigenvalue weighted by atomic mass is 10.0. The fourth-order valence-corrected chi connectivity index (χ4v) is 3.10. The Hall–Kier alpha value is -2.01. The number of carbonyl (C=O) groups excluding carboxylic acids is 1. The van der Waals surface area contributed by atoms with Crippen molar-refractivity contribution in [1.82, 2.24) is 10.2 Å². The first kappa shape index (κ1) is 19.3. The number of amides is 1. The molecule has 0 radical (unpaired) electrons. The molecule has 1 saturated heterocycles. The predicted molar refractivity (Wildman–Crippen MR) is 101 cm³/mol. The third-order valence-electron chi connectivity index (χ3n) is 4.39. The maximum absolute atomic E-state index is 12.2. The lowest BCUT2D eigenvalue weighted by Crippen LogP contribution is -2.44. The van der Waals surface area contributed by atoms with Crippen LogP contribution in [0.4, 0.5) is 0 Å². The first-order valence-corrected chi connectivity index (χ1v) is 9.18. The van der Waals surface area contributed by atoms with Gasteiger partial charge in [0.05, 0.1) is 13.7 Å². The number of nitrogens with one attached hydrogen (secondary N) is 1. The smallest absolute Gasteiger partial charge is 0.244 e. The van der Waals surface area contributed by atoms with Gasteiger partial charge in [0.15, 0.2) is 11.5 Å². The Morgan fingerprint density at radius 2 is 2.04 bits per heavy atom. The van der Waals surface area contributed by atoms with Crippen LogP contribution in [-0.2, 0) is 4.79 Å². The monoisotopic (exact) mass is 346 g/mol. The topological polar surface area (TPSA) is 50.8 Å². The summed E-state index contributed by atoms with van der Waals surface area (Å²) in [5, 5.41) is 3.11. The Morgan fingerprint density at radius 1 is 1.28 bits per heavy atom. The Labute approximate surface area is 151 Å². The van der Waals surface area contributed by atoms with Crippen LogP contribution in [0.25, 0.3) is 6.08 Å². The number of nitrogens with zero attached hydrogens (tertiary/aromatic N) is 1. The van der Waals surface area contributed by atoms with Crippen molar-refractivity contribution in [3.05, 3.63) is 29.8 Å². The Morgan fingerprint density at radius 3 is 2.68 bits per heavy atom. The molecule has 0 atom stereocenters. The maximum Gasteiger partial charge on any atom is 0.244 e. The number of hydrogen-bond acceptors (Lipinski definition) is 4. The third-order valence-corrected chi connectivity index (χ3v) is 4.39. The highest BCUT2D eigenvalue weighted by Crippen LogP contribution is 2.28. The van der Waals surface area contributed by atoms with Gasteiger partial charge in [-0.05, 0) is 56.5 Å². The van der Waals surface area contributed by atoms with Crippen LogP contribution in [0, 0.1) is 0 Å². The Balaban J connectivity index is 1.87. The molecule has 1 aromatic rings. The molecule has 25 heavy (non-hydrogen) atoms. The van der Waals surface area contributed by atoms with E-state index in [1.807, 2.05) is 31.2 Å². The van der Waals surface area contributed by atoms with Crippen molar-refractivity contribution in [3.8, 4) is 11.5 Å². The van der Waals surface area contributed by atoms with Crippen LogP contribution in [0.2, 0.25) is 0 Å². The van der Waals surface area contributed by atoms with Crippen LogP contribution >= 0.6 is 0 Å². The van der Waals surface area contributed by atoms with Gasteiger partial charge in [0, 0.05) is 25.2 Å². The van der Waals surface area contributed by atoms with E-state index in [0.717, 1.165) is 38.0 Å². The Bertz CT molecular complexity index is 578. The summed E-state index contributed by atoms with van der Waals surface area (Å²) < 4.78 is 10.8. The van der Waals surface area contributed by atoms with Crippen LogP contribution < -0.4 is 14.8 Å². The maximum atomic E-state index is 12.2. The zero-order valence-electron chi connectivity index (χ0n) is 15.6. The first-order chi connectivity index (χ1) is 12.2. The number of likely N-dealkylation sites (tertiary alicyclic amines) is 1. The number of carbonyl (C=O) groups is 1. The molecule has 0 saturated carbocycles. The normalized spacial score (nSPS) is 16.1. The van der Waals surface area contributed by atoms with Crippen LogP contribution in [0.3, 0.4) is 0 Å². The predicted octanol–water partition coefficient (Wildman–Crippen LogP) is 3.10. The van der Waals surface area contributed by atoms with Crippen LogP contribution in [-0.4, -0.2) is 50.2 Å². The molecule has 0 bridgehead atoms. The van der Waals surface area contributed by atoms with E-state index in [9.17, 15) is 4.79 Å². The molecular formula is C20H30N2O3. The minimum atomic E-state index is -0.0391. The highest BCUT2D eigenvalue weighted by Gasteiger charge is 2.19. The SMILES string of the molecule is CCCN1CCC(NC(=O)/C=C/c2ccc(OC)c(OCC)c2)CC1. The van der Waals surface area contributed by atoms with Gasteiger partial charge in [0.1, 0.15) is 0 Å². The van der Waals surface area contributed by atoms with Gasteiger partial charge in [-0.1, -0.05) is 13.0 Å². The second-order valence-corrected chi connectivity index (χ2v) is 6.30. The number of methoxy groups -OCH3 is 1. The van der Waals surface area contributed by atoms with Gasteiger partial charge in [-0.2, -0.15) is 0 Å². The number of ether oxygens (including phenoxy) is 2. The quantitative estimate of drug-likeness (QED) is 0.735. The summed E-state index contributed by atoms with van der Waals surface area (Å²) in [5.74, 6) is 1.35. The van der Waals surface area contributed by atoms with Crippen molar-refractivity contribution in [2.24, 2.45) is 0 Å². The molecule has 1 heterocycles. The van der Waals surface area contributed by atoms with Gasteiger partial charge in [0.25, 0.3) is 0 Å². The van der Waals surface area contributed by atoms with Gasteiger partial charge in [0.2, 0.25) is 5.91 Å². The van der Waals surface area contributed by atoms with Crippen molar-refractivity contribution >= 4 is 12.0 Å². The Kier molecular flexibility index (Phi) is 7.79. The first-order valence-electron chi connectivity index (χ1n) is 9.18. The summed E-state index contributed by atoms with van der Waals surface area (Å²) in [4.78, 5) is 14.6. The van der Waals surface area contributed by atoms with E-state index >= 15 is 0 Å². The summed E-state index contributed by atoms with van der Waals surface area (Å²) in [6.45, 7) is 7.99. The minimum absolute atomic E-state index is 0.0391. The van der Waals surface area contributed by atoms with E-state index in [2.05, 4.69) is 17.1 Å². The zero-order valence-corrected chi connectivity index (χ0v) is 15.6. The highest BCUT2D eigenvalue weighted by atomic mass is 16.5. The van der Waals surface area contributed by atoms with E-state index in [0.29, 0.717) is 18.1 Å². The summed E-state index contributed by atoms with van der Waals surface area (Å²) in [7, 11) is 1.62. The lowest BCUT2D eigenvalue weighted by Gasteiger charge is -2.31. The summed E-state index contributed by atoms with van der Waals surface area (Å²) in [6, 6.07) is 5.93. The van der Waals surface area contributed by atoms with Crippen molar-refractivity contribution in [2.45, 2.75) is 39.2 Å². The fourth-order valence-electron chi connectivity index (χ4n) is 3.10. The molecular weight excluding hydrogens is 316 g/mol. The molecule has 1 amide bonds. The number of hydrogen-bond donors (Lipinski definition) is 1. The average molecular weight is 346 g/mol. The van der Waals surface area contributed by atoms with E-state index in [1.54, 1.807) is 13.2 Å². The molecule has 1 fully saturated rings. The summed E-state index contributed by atoms with van der Waals surface area (Å²) in [6.07, 6.45) is 6.64. The lowest BCUT2D eigenvalue weighted by molar-refractivity contribution is -0.117.